The second-order valence-corrected chi connectivity index (χ2v) is 6.01. The van der Waals surface area contributed by atoms with Crippen molar-refractivity contribution < 1.29 is 13.9 Å². The summed E-state index contributed by atoms with van der Waals surface area (Å²) in [4.78, 5) is 4.04. The van der Waals surface area contributed by atoms with E-state index in [0.717, 1.165) is 29.5 Å². The van der Waals surface area contributed by atoms with E-state index < -0.39 is 0 Å². The molecule has 124 valence electrons. The number of halogens is 1. The molecule has 24 heavy (non-hydrogen) atoms. The highest BCUT2D eigenvalue weighted by molar-refractivity contribution is 7.78. The standard InChI is InChI=1S/C19H18FNO2S/c1-22-19-7-6-15(8-18(19)20)14-4-2-13(3-5-14)11-23-17-9-16(10-17)21-12-24/h2-8,16-17H,9-11H2,1H3. The molecule has 5 heteroatoms. The third-order valence-electron chi connectivity index (χ3n) is 4.23. The van der Waals surface area contributed by atoms with E-state index in [1.54, 1.807) is 6.07 Å². The van der Waals surface area contributed by atoms with Gasteiger partial charge in [-0.3, -0.25) is 0 Å². The normalized spacial score (nSPS) is 19.2. The fourth-order valence-corrected chi connectivity index (χ4v) is 2.86. The van der Waals surface area contributed by atoms with Gasteiger partial charge in [-0.1, -0.05) is 30.3 Å². The Labute approximate surface area is 146 Å². The second-order valence-electron chi connectivity index (χ2n) is 5.82. The number of aliphatic imine (C=N–C) groups is 1. The van der Waals surface area contributed by atoms with E-state index in [-0.39, 0.29) is 23.7 Å². The fourth-order valence-electron chi connectivity index (χ4n) is 2.71. The molecule has 0 saturated heterocycles. The van der Waals surface area contributed by atoms with Crippen molar-refractivity contribution in [3.8, 4) is 16.9 Å². The van der Waals surface area contributed by atoms with Crippen molar-refractivity contribution in [2.45, 2.75) is 31.6 Å². The molecule has 0 N–H and O–H groups in total. The summed E-state index contributed by atoms with van der Waals surface area (Å²) >= 11 is 4.59. The average Bonchev–Trinajstić information content (AvgIpc) is 2.57. The zero-order chi connectivity index (χ0) is 16.9. The van der Waals surface area contributed by atoms with Crippen LogP contribution in [0.2, 0.25) is 0 Å². The number of thiocarbonyl (C=S) groups is 1. The SMILES string of the molecule is COc1ccc(-c2ccc(COC3CC(N=C=S)C3)cc2)cc1F. The largest absolute Gasteiger partial charge is 0.494 e. The molecular formula is C19H18FNO2S. The van der Waals surface area contributed by atoms with E-state index >= 15 is 0 Å². The second kappa shape index (κ2) is 7.67. The molecule has 2 aromatic rings. The number of nitrogens with zero attached hydrogens (tertiary/aromatic N) is 1. The van der Waals surface area contributed by atoms with E-state index in [1.807, 2.05) is 30.3 Å². The summed E-state index contributed by atoms with van der Waals surface area (Å²) in [7, 11) is 1.46. The Hall–Kier alpha value is -2.07. The van der Waals surface area contributed by atoms with Crippen molar-refractivity contribution in [3.05, 3.63) is 53.8 Å². The molecule has 1 aliphatic carbocycles. The molecule has 1 aliphatic rings. The van der Waals surface area contributed by atoms with Crippen LogP contribution in [-0.2, 0) is 11.3 Å². The number of methoxy groups -OCH3 is 1. The number of isothiocyanates is 1. The molecule has 0 spiro atoms. The van der Waals surface area contributed by atoms with Crippen LogP contribution in [-0.4, -0.2) is 24.4 Å². The Bertz CT molecular complexity index is 750. The first-order chi connectivity index (χ1) is 11.7. The lowest BCUT2D eigenvalue weighted by Gasteiger charge is -2.31. The summed E-state index contributed by atoms with van der Waals surface area (Å²) in [6.45, 7) is 0.565. The Morgan fingerprint density at radius 2 is 1.88 bits per heavy atom. The van der Waals surface area contributed by atoms with Crippen LogP contribution in [0.5, 0.6) is 5.75 Å². The van der Waals surface area contributed by atoms with Gasteiger partial charge in [-0.25, -0.2) is 9.38 Å². The topological polar surface area (TPSA) is 30.8 Å². The van der Waals surface area contributed by atoms with Gasteiger partial charge >= 0.3 is 0 Å². The summed E-state index contributed by atoms with van der Waals surface area (Å²) in [5, 5.41) is 2.42. The average molecular weight is 343 g/mol. The quantitative estimate of drug-likeness (QED) is 0.565. The number of benzene rings is 2. The van der Waals surface area contributed by atoms with Crippen molar-refractivity contribution in [2.75, 3.05) is 7.11 Å². The Balaban J connectivity index is 1.57. The molecule has 0 aromatic heterocycles. The summed E-state index contributed by atoms with van der Waals surface area (Å²) < 4.78 is 24.6. The zero-order valence-corrected chi connectivity index (χ0v) is 14.2. The van der Waals surface area contributed by atoms with E-state index in [0.29, 0.717) is 6.61 Å². The Morgan fingerprint density at radius 3 is 2.50 bits per heavy atom. The van der Waals surface area contributed by atoms with Gasteiger partial charge in [0.1, 0.15) is 0 Å². The van der Waals surface area contributed by atoms with E-state index in [4.69, 9.17) is 9.47 Å². The first kappa shape index (κ1) is 16.8. The third-order valence-corrected chi connectivity index (χ3v) is 4.34. The van der Waals surface area contributed by atoms with Gasteiger partial charge in [-0.15, -0.1) is 0 Å². The minimum Gasteiger partial charge on any atom is -0.494 e. The van der Waals surface area contributed by atoms with Crippen LogP contribution in [0.25, 0.3) is 11.1 Å². The molecule has 0 atom stereocenters. The molecule has 1 fully saturated rings. The van der Waals surface area contributed by atoms with E-state index in [9.17, 15) is 4.39 Å². The molecule has 0 bridgehead atoms. The number of hydrogen-bond acceptors (Lipinski definition) is 4. The van der Waals surface area contributed by atoms with Crippen molar-refractivity contribution >= 4 is 17.4 Å². The molecule has 0 radical (unpaired) electrons. The molecule has 2 aromatic carbocycles. The number of ether oxygens (including phenoxy) is 2. The highest BCUT2D eigenvalue weighted by atomic mass is 32.1. The molecule has 0 unspecified atom stereocenters. The predicted molar refractivity (Wildman–Crippen MR) is 95.0 cm³/mol. The fraction of sp³-hybridized carbons (Fsp3) is 0.316. The van der Waals surface area contributed by atoms with Gasteiger partial charge in [0, 0.05) is 0 Å². The molecule has 3 nitrogen and oxygen atoms in total. The third kappa shape index (κ3) is 3.88. The maximum absolute atomic E-state index is 13.8. The van der Waals surface area contributed by atoms with Crippen LogP contribution >= 0.6 is 12.2 Å². The van der Waals surface area contributed by atoms with Crippen LogP contribution in [0.4, 0.5) is 4.39 Å². The maximum Gasteiger partial charge on any atom is 0.165 e. The first-order valence-corrected chi connectivity index (χ1v) is 8.22. The van der Waals surface area contributed by atoms with Gasteiger partial charge in [0.2, 0.25) is 0 Å². The van der Waals surface area contributed by atoms with E-state index in [2.05, 4.69) is 22.4 Å². The van der Waals surface area contributed by atoms with Gasteiger partial charge in [-0.05, 0) is 53.9 Å². The van der Waals surface area contributed by atoms with Crippen molar-refractivity contribution in [1.82, 2.24) is 0 Å². The minimum absolute atomic E-state index is 0.248. The molecule has 1 saturated carbocycles. The summed E-state index contributed by atoms with van der Waals surface area (Å²) in [5.74, 6) is -0.110. The van der Waals surface area contributed by atoms with Gasteiger partial charge in [0.05, 0.1) is 31.0 Å². The lowest BCUT2D eigenvalue weighted by Crippen LogP contribution is -2.34. The van der Waals surface area contributed by atoms with Crippen LogP contribution in [0.3, 0.4) is 0 Å². The van der Waals surface area contributed by atoms with Crippen molar-refractivity contribution in [2.24, 2.45) is 4.99 Å². The first-order valence-electron chi connectivity index (χ1n) is 7.81. The molecule has 0 heterocycles. The van der Waals surface area contributed by atoms with Crippen LogP contribution in [0, 0.1) is 5.82 Å². The summed E-state index contributed by atoms with van der Waals surface area (Å²) in [5.41, 5.74) is 2.87. The maximum atomic E-state index is 13.8. The lowest BCUT2D eigenvalue weighted by molar-refractivity contribution is -0.0182. The van der Waals surface area contributed by atoms with Crippen LogP contribution in [0.1, 0.15) is 18.4 Å². The summed E-state index contributed by atoms with van der Waals surface area (Å²) in [6.07, 6.45) is 2.07. The van der Waals surface area contributed by atoms with Gasteiger partial charge in [-0.2, -0.15) is 0 Å². The van der Waals surface area contributed by atoms with Gasteiger partial charge in [0.25, 0.3) is 0 Å². The summed E-state index contributed by atoms with van der Waals surface area (Å²) in [6, 6.07) is 13.2. The monoisotopic (exact) mass is 343 g/mol. The van der Waals surface area contributed by atoms with Crippen molar-refractivity contribution in [3.63, 3.8) is 0 Å². The molecule has 0 aliphatic heterocycles. The van der Waals surface area contributed by atoms with Crippen LogP contribution in [0.15, 0.2) is 47.5 Å². The van der Waals surface area contributed by atoms with E-state index in [1.165, 1.54) is 13.2 Å². The lowest BCUT2D eigenvalue weighted by atomic mass is 9.90. The number of hydrogen-bond donors (Lipinski definition) is 0. The number of rotatable bonds is 6. The highest BCUT2D eigenvalue weighted by Gasteiger charge is 2.29. The highest BCUT2D eigenvalue weighted by Crippen LogP contribution is 2.28. The van der Waals surface area contributed by atoms with Gasteiger partial charge < -0.3 is 9.47 Å². The molecular weight excluding hydrogens is 325 g/mol. The smallest absolute Gasteiger partial charge is 0.165 e. The molecule has 3 rings (SSSR count). The zero-order valence-electron chi connectivity index (χ0n) is 13.4. The van der Waals surface area contributed by atoms with Gasteiger partial charge in [0.15, 0.2) is 11.6 Å². The predicted octanol–water partition coefficient (Wildman–Crippen LogP) is 4.65. The molecule has 0 amide bonds. The Kier molecular flexibility index (Phi) is 5.36. The van der Waals surface area contributed by atoms with Crippen LogP contribution < -0.4 is 4.74 Å². The Morgan fingerprint density at radius 1 is 1.17 bits per heavy atom. The minimum atomic E-state index is -0.360. The van der Waals surface area contributed by atoms with Crippen molar-refractivity contribution in [1.29, 1.82) is 0 Å².